The molecule has 2 aromatic heterocycles. The van der Waals surface area contributed by atoms with Crippen molar-refractivity contribution in [1.82, 2.24) is 20.2 Å². The number of carbonyl (C=O) groups is 2. The number of aromatic nitrogens is 4. The fraction of sp³-hybridized carbons (Fsp3) is 0. The molecule has 2 heterocycles. The molecule has 0 atom stereocenters. The van der Waals surface area contributed by atoms with Gasteiger partial charge in [-0.3, -0.25) is 14.9 Å². The summed E-state index contributed by atoms with van der Waals surface area (Å²) in [5.74, 6) is -1.60. The number of anilines is 2. The van der Waals surface area contributed by atoms with Crippen LogP contribution in [0.15, 0.2) is 79.3 Å². The van der Waals surface area contributed by atoms with E-state index in [1.165, 1.54) is 30.3 Å². The molecule has 8 nitrogen and oxygen atoms in total. The largest absolute Gasteiger partial charge is 0.323 e. The summed E-state index contributed by atoms with van der Waals surface area (Å²) in [4.78, 5) is 34.3. The van der Waals surface area contributed by atoms with Gasteiger partial charge >= 0.3 is 6.03 Å². The van der Waals surface area contributed by atoms with Gasteiger partial charge in [0.05, 0.1) is 29.1 Å². The SMILES string of the molecule is O=C(Nc1ccc(F)cc1)Nc1cc(F)cc(C(=O)c2ccc3ncc(-c4cn[nH]c4)nc3c2)c1. The third kappa shape index (κ3) is 4.86. The first-order chi connectivity index (χ1) is 16.9. The minimum atomic E-state index is -0.698. The first kappa shape index (κ1) is 21.8. The molecule has 0 saturated carbocycles. The highest BCUT2D eigenvalue weighted by molar-refractivity contribution is 6.11. The number of benzene rings is 3. The van der Waals surface area contributed by atoms with Gasteiger partial charge in [0.2, 0.25) is 0 Å². The van der Waals surface area contributed by atoms with Crippen LogP contribution in [0.3, 0.4) is 0 Å². The monoisotopic (exact) mass is 470 g/mol. The van der Waals surface area contributed by atoms with Crippen LogP contribution >= 0.6 is 0 Å². The predicted molar refractivity (Wildman–Crippen MR) is 126 cm³/mol. The van der Waals surface area contributed by atoms with Crippen LogP contribution in [0.5, 0.6) is 0 Å². The van der Waals surface area contributed by atoms with Crippen LogP contribution in [0.1, 0.15) is 15.9 Å². The number of carbonyl (C=O) groups excluding carboxylic acids is 2. The summed E-state index contributed by atoms with van der Waals surface area (Å²) in [6, 6.07) is 12.8. The molecule has 0 saturated heterocycles. The van der Waals surface area contributed by atoms with Crippen LogP contribution < -0.4 is 10.6 Å². The van der Waals surface area contributed by atoms with Crippen LogP contribution in [0.2, 0.25) is 0 Å². The van der Waals surface area contributed by atoms with Crippen LogP contribution in [-0.4, -0.2) is 32.0 Å². The van der Waals surface area contributed by atoms with Gasteiger partial charge in [0, 0.05) is 34.3 Å². The van der Waals surface area contributed by atoms with Crippen molar-refractivity contribution in [3.05, 3.63) is 102 Å². The van der Waals surface area contributed by atoms with Gasteiger partial charge in [-0.05, 0) is 60.7 Å². The van der Waals surface area contributed by atoms with Gasteiger partial charge in [-0.1, -0.05) is 0 Å². The average molecular weight is 470 g/mol. The van der Waals surface area contributed by atoms with Gasteiger partial charge < -0.3 is 10.6 Å². The summed E-state index contributed by atoms with van der Waals surface area (Å²) in [5.41, 5.74) is 3.16. The first-order valence-corrected chi connectivity index (χ1v) is 10.4. The first-order valence-electron chi connectivity index (χ1n) is 10.4. The van der Waals surface area contributed by atoms with E-state index in [2.05, 4.69) is 30.8 Å². The van der Waals surface area contributed by atoms with E-state index in [-0.39, 0.29) is 16.8 Å². The zero-order valence-corrected chi connectivity index (χ0v) is 17.9. The van der Waals surface area contributed by atoms with Gasteiger partial charge in [-0.25, -0.2) is 18.6 Å². The molecular weight excluding hydrogens is 454 g/mol. The van der Waals surface area contributed by atoms with Crippen molar-refractivity contribution in [2.45, 2.75) is 0 Å². The van der Waals surface area contributed by atoms with E-state index in [0.29, 0.717) is 22.4 Å². The Kier molecular flexibility index (Phi) is 5.68. The molecular formula is C25H16F2N6O2. The number of amides is 2. The standard InChI is InChI=1S/C25H16F2N6O2/c26-17-2-4-19(5-3-17)31-25(35)32-20-8-15(7-18(27)10-20)24(34)14-1-6-21-22(9-14)33-23(13-28-21)16-11-29-30-12-16/h1-13H,(H,29,30)(H2,31,32,35). The molecule has 0 spiro atoms. The fourth-order valence-corrected chi connectivity index (χ4v) is 3.47. The number of nitrogens with zero attached hydrogens (tertiary/aromatic N) is 3. The van der Waals surface area contributed by atoms with Crippen molar-refractivity contribution in [3.8, 4) is 11.3 Å². The number of H-pyrrole nitrogens is 1. The maximum Gasteiger partial charge on any atom is 0.323 e. The van der Waals surface area contributed by atoms with Gasteiger partial charge in [0.25, 0.3) is 0 Å². The minimum absolute atomic E-state index is 0.0420. The van der Waals surface area contributed by atoms with Gasteiger partial charge in [0.1, 0.15) is 11.6 Å². The molecule has 3 aromatic carbocycles. The molecule has 0 aliphatic rings. The number of halogens is 2. The van der Waals surface area contributed by atoms with Crippen molar-refractivity contribution < 1.29 is 18.4 Å². The Morgan fingerprint density at radius 1 is 0.771 bits per heavy atom. The highest BCUT2D eigenvalue weighted by Crippen LogP contribution is 2.22. The summed E-state index contributed by atoms with van der Waals surface area (Å²) in [6.07, 6.45) is 4.90. The van der Waals surface area contributed by atoms with Crippen LogP contribution in [0.25, 0.3) is 22.3 Å². The highest BCUT2D eigenvalue weighted by Gasteiger charge is 2.15. The third-order valence-electron chi connectivity index (χ3n) is 5.12. The second-order valence-corrected chi connectivity index (χ2v) is 7.59. The highest BCUT2D eigenvalue weighted by atomic mass is 19.1. The summed E-state index contributed by atoms with van der Waals surface area (Å²) in [5, 5.41) is 11.6. The lowest BCUT2D eigenvalue weighted by Crippen LogP contribution is -2.19. The van der Waals surface area contributed by atoms with Crippen molar-refractivity contribution in [1.29, 1.82) is 0 Å². The van der Waals surface area contributed by atoms with Gasteiger partial charge in [-0.15, -0.1) is 0 Å². The van der Waals surface area contributed by atoms with E-state index < -0.39 is 23.4 Å². The number of nitrogens with one attached hydrogen (secondary N) is 3. The summed E-state index contributed by atoms with van der Waals surface area (Å²) in [7, 11) is 0. The van der Waals surface area contributed by atoms with Crippen molar-refractivity contribution in [2.24, 2.45) is 0 Å². The Morgan fingerprint density at radius 3 is 2.34 bits per heavy atom. The molecule has 5 rings (SSSR count). The topological polar surface area (TPSA) is 113 Å². The Hall–Kier alpha value is -4.99. The third-order valence-corrected chi connectivity index (χ3v) is 5.12. The lowest BCUT2D eigenvalue weighted by molar-refractivity contribution is 0.103. The maximum absolute atomic E-state index is 14.3. The number of ketones is 1. The Morgan fingerprint density at radius 2 is 1.57 bits per heavy atom. The second kappa shape index (κ2) is 9.10. The lowest BCUT2D eigenvalue weighted by atomic mass is 10.0. The number of rotatable bonds is 5. The Bertz CT molecular complexity index is 1550. The fourth-order valence-electron chi connectivity index (χ4n) is 3.47. The number of hydrogen-bond donors (Lipinski definition) is 3. The van der Waals surface area contributed by atoms with E-state index >= 15 is 0 Å². The van der Waals surface area contributed by atoms with E-state index in [0.717, 1.165) is 17.7 Å². The number of urea groups is 1. The predicted octanol–water partition coefficient (Wildman–Crippen LogP) is 5.17. The van der Waals surface area contributed by atoms with Crippen LogP contribution in [0.4, 0.5) is 25.0 Å². The summed E-state index contributed by atoms with van der Waals surface area (Å²) in [6.45, 7) is 0. The normalized spacial score (nSPS) is 10.8. The molecule has 2 amide bonds. The molecule has 0 aliphatic carbocycles. The Balaban J connectivity index is 1.39. The van der Waals surface area contributed by atoms with Gasteiger partial charge in [-0.2, -0.15) is 5.10 Å². The zero-order valence-electron chi connectivity index (χ0n) is 17.9. The molecule has 3 N–H and O–H groups in total. The van der Waals surface area contributed by atoms with Crippen molar-refractivity contribution >= 4 is 34.2 Å². The van der Waals surface area contributed by atoms with E-state index in [4.69, 9.17) is 0 Å². The molecule has 0 unspecified atom stereocenters. The molecule has 0 bridgehead atoms. The molecule has 5 aromatic rings. The van der Waals surface area contributed by atoms with E-state index in [9.17, 15) is 18.4 Å². The molecule has 10 heteroatoms. The molecule has 172 valence electrons. The van der Waals surface area contributed by atoms with Crippen LogP contribution in [0, 0.1) is 11.6 Å². The Labute approximate surface area is 197 Å². The summed E-state index contributed by atoms with van der Waals surface area (Å²) >= 11 is 0. The average Bonchev–Trinajstić information content (AvgIpc) is 3.39. The molecule has 0 radical (unpaired) electrons. The number of aromatic amines is 1. The lowest BCUT2D eigenvalue weighted by Gasteiger charge is -2.10. The molecule has 0 aliphatic heterocycles. The second-order valence-electron chi connectivity index (χ2n) is 7.59. The molecule has 0 fully saturated rings. The quantitative estimate of drug-likeness (QED) is 0.307. The smallest absolute Gasteiger partial charge is 0.308 e. The summed E-state index contributed by atoms with van der Waals surface area (Å²) < 4.78 is 27.3. The van der Waals surface area contributed by atoms with Gasteiger partial charge in [0.15, 0.2) is 5.78 Å². The number of fused-ring (bicyclic) bond motifs is 1. The van der Waals surface area contributed by atoms with Crippen molar-refractivity contribution in [2.75, 3.05) is 10.6 Å². The molecule has 35 heavy (non-hydrogen) atoms. The number of hydrogen-bond acceptors (Lipinski definition) is 5. The van der Waals surface area contributed by atoms with E-state index in [1.807, 2.05) is 0 Å². The van der Waals surface area contributed by atoms with E-state index in [1.54, 1.807) is 36.8 Å². The van der Waals surface area contributed by atoms with Crippen molar-refractivity contribution in [3.63, 3.8) is 0 Å². The zero-order chi connectivity index (χ0) is 24.4. The minimum Gasteiger partial charge on any atom is -0.308 e. The maximum atomic E-state index is 14.3. The van der Waals surface area contributed by atoms with Crippen LogP contribution in [-0.2, 0) is 0 Å².